The van der Waals surface area contributed by atoms with E-state index in [0.717, 1.165) is 26.8 Å². The molecule has 1 atom stereocenters. The van der Waals surface area contributed by atoms with Gasteiger partial charge in [0, 0.05) is 33.1 Å². The van der Waals surface area contributed by atoms with Crippen LogP contribution in [0.4, 0.5) is 0 Å². The quantitative estimate of drug-likeness (QED) is 0.712. The van der Waals surface area contributed by atoms with E-state index in [1.807, 2.05) is 24.3 Å². The van der Waals surface area contributed by atoms with Crippen molar-refractivity contribution in [2.75, 3.05) is 13.1 Å². The number of nitrogens with zero attached hydrogens (tertiary/aromatic N) is 2. The molecule has 28 heavy (non-hydrogen) atoms. The predicted octanol–water partition coefficient (Wildman–Crippen LogP) is 0.702. The van der Waals surface area contributed by atoms with E-state index in [2.05, 4.69) is 5.32 Å². The van der Waals surface area contributed by atoms with Crippen molar-refractivity contribution in [1.82, 2.24) is 14.5 Å². The fourth-order valence-corrected chi connectivity index (χ4v) is 5.80. The first-order valence-corrected chi connectivity index (χ1v) is 11.0. The van der Waals surface area contributed by atoms with Crippen LogP contribution in [0, 0.1) is 0 Å². The first kappa shape index (κ1) is 20.5. The number of nitrogens with one attached hydrogen (secondary N) is 1. The summed E-state index contributed by atoms with van der Waals surface area (Å²) in [6, 6.07) is 10.6. The molecule has 1 unspecified atom stereocenters. The average Bonchev–Trinajstić information content (AvgIpc) is 3.36. The summed E-state index contributed by atoms with van der Waals surface area (Å²) in [5, 5.41) is 4.41. The van der Waals surface area contributed by atoms with Crippen LogP contribution in [0.1, 0.15) is 18.1 Å². The zero-order chi connectivity index (χ0) is 20.3. The summed E-state index contributed by atoms with van der Waals surface area (Å²) in [6.07, 6.45) is -1.21. The van der Waals surface area contributed by atoms with E-state index in [1.165, 1.54) is 17.9 Å². The van der Waals surface area contributed by atoms with E-state index in [9.17, 15) is 18.0 Å². The van der Waals surface area contributed by atoms with E-state index in [-0.39, 0.29) is 29.8 Å². The van der Waals surface area contributed by atoms with Crippen molar-refractivity contribution in [3.63, 3.8) is 0 Å². The lowest BCUT2D eigenvalue weighted by molar-refractivity contribution is -0.139. The highest BCUT2D eigenvalue weighted by Gasteiger charge is 2.45. The summed E-state index contributed by atoms with van der Waals surface area (Å²) in [5.41, 5.74) is 7.41. The summed E-state index contributed by atoms with van der Waals surface area (Å²) in [5.74, 6) is -0.889. The van der Waals surface area contributed by atoms with Gasteiger partial charge in [0.15, 0.2) is 6.17 Å². The van der Waals surface area contributed by atoms with Crippen LogP contribution in [0.15, 0.2) is 46.0 Å². The summed E-state index contributed by atoms with van der Waals surface area (Å²) < 4.78 is 27.1. The molecule has 0 radical (unpaired) electrons. The lowest BCUT2D eigenvalue weighted by Crippen LogP contribution is -2.53. The normalized spacial score (nSPS) is 17.6. The standard InChI is InChI=1S/C18H22N4O4S2/c1-13(23)21-7-8-22(28(25,26)16-6-3-9-27-16)18(21)17(24)20-12-15-5-2-4-14(10-15)11-19/h2-6,9-10,18H,7-8,11-12,19H2,1H3,(H,20,24). The second-order valence-corrected chi connectivity index (χ2v) is 9.44. The van der Waals surface area contributed by atoms with E-state index in [4.69, 9.17) is 5.73 Å². The van der Waals surface area contributed by atoms with Crippen LogP contribution in [0.25, 0.3) is 0 Å². The number of thiophene rings is 1. The Morgan fingerprint density at radius 1 is 1.21 bits per heavy atom. The Labute approximate surface area is 168 Å². The van der Waals surface area contributed by atoms with Crippen molar-refractivity contribution in [1.29, 1.82) is 0 Å². The van der Waals surface area contributed by atoms with E-state index < -0.39 is 22.1 Å². The van der Waals surface area contributed by atoms with Gasteiger partial charge in [-0.3, -0.25) is 9.59 Å². The van der Waals surface area contributed by atoms with Gasteiger partial charge in [0.1, 0.15) is 4.21 Å². The molecule has 2 heterocycles. The van der Waals surface area contributed by atoms with Crippen LogP contribution in [-0.4, -0.2) is 48.7 Å². The summed E-state index contributed by atoms with van der Waals surface area (Å²) in [7, 11) is -3.87. The molecule has 0 bridgehead atoms. The monoisotopic (exact) mass is 422 g/mol. The number of carbonyl (C=O) groups is 2. The van der Waals surface area contributed by atoms with Gasteiger partial charge in [-0.2, -0.15) is 4.31 Å². The van der Waals surface area contributed by atoms with Gasteiger partial charge >= 0.3 is 0 Å². The molecule has 10 heteroatoms. The van der Waals surface area contributed by atoms with E-state index in [0.29, 0.717) is 6.54 Å². The van der Waals surface area contributed by atoms with Crippen molar-refractivity contribution < 1.29 is 18.0 Å². The molecule has 1 fully saturated rings. The number of rotatable bonds is 6. The fourth-order valence-electron chi connectivity index (χ4n) is 3.13. The third-order valence-corrected chi connectivity index (χ3v) is 7.75. The molecule has 0 saturated carbocycles. The van der Waals surface area contributed by atoms with Crippen LogP contribution >= 0.6 is 11.3 Å². The maximum Gasteiger partial charge on any atom is 0.259 e. The second kappa shape index (κ2) is 8.39. The number of nitrogens with two attached hydrogens (primary N) is 1. The number of carbonyl (C=O) groups excluding carboxylic acids is 2. The molecule has 1 aromatic carbocycles. The summed E-state index contributed by atoms with van der Waals surface area (Å²) in [4.78, 5) is 26.1. The van der Waals surface area contributed by atoms with Gasteiger partial charge < -0.3 is 16.0 Å². The molecule has 2 amide bonds. The van der Waals surface area contributed by atoms with Crippen LogP contribution in [0.2, 0.25) is 0 Å². The Kier molecular flexibility index (Phi) is 6.14. The molecule has 3 rings (SSSR count). The fraction of sp³-hybridized carbons (Fsp3) is 0.333. The Hall–Kier alpha value is -2.27. The summed E-state index contributed by atoms with van der Waals surface area (Å²) >= 11 is 1.08. The molecule has 0 spiro atoms. The van der Waals surface area contributed by atoms with Crippen LogP contribution in [0.3, 0.4) is 0 Å². The Bertz CT molecular complexity index is 960. The van der Waals surface area contributed by atoms with Gasteiger partial charge in [0.05, 0.1) is 0 Å². The van der Waals surface area contributed by atoms with Crippen LogP contribution in [0.5, 0.6) is 0 Å². The largest absolute Gasteiger partial charge is 0.349 e. The van der Waals surface area contributed by atoms with Crippen LogP contribution in [-0.2, 0) is 32.7 Å². The third kappa shape index (κ3) is 4.09. The Balaban J connectivity index is 1.81. The van der Waals surface area contributed by atoms with Gasteiger partial charge in [0.2, 0.25) is 5.91 Å². The molecule has 0 aliphatic carbocycles. The second-order valence-electron chi connectivity index (χ2n) is 6.38. The highest BCUT2D eigenvalue weighted by molar-refractivity contribution is 7.91. The number of amides is 2. The van der Waals surface area contributed by atoms with Gasteiger partial charge in [-0.05, 0) is 22.6 Å². The van der Waals surface area contributed by atoms with Crippen LogP contribution < -0.4 is 11.1 Å². The molecule has 1 aliphatic rings. The highest BCUT2D eigenvalue weighted by atomic mass is 32.2. The smallest absolute Gasteiger partial charge is 0.259 e. The van der Waals surface area contributed by atoms with Gasteiger partial charge in [-0.15, -0.1) is 11.3 Å². The number of benzene rings is 1. The molecule has 150 valence electrons. The minimum atomic E-state index is -3.87. The molecule has 8 nitrogen and oxygen atoms in total. The minimum Gasteiger partial charge on any atom is -0.349 e. The van der Waals surface area contributed by atoms with Crippen molar-refractivity contribution in [3.8, 4) is 0 Å². The maximum atomic E-state index is 12.9. The first-order chi connectivity index (χ1) is 13.3. The molecular formula is C18H22N4O4S2. The Morgan fingerprint density at radius 3 is 2.61 bits per heavy atom. The van der Waals surface area contributed by atoms with Gasteiger partial charge in [-0.1, -0.05) is 30.3 Å². The van der Waals surface area contributed by atoms with Crippen molar-refractivity contribution in [2.24, 2.45) is 5.73 Å². The van der Waals surface area contributed by atoms with E-state index in [1.54, 1.807) is 11.4 Å². The zero-order valence-corrected chi connectivity index (χ0v) is 17.0. The zero-order valence-electron chi connectivity index (χ0n) is 15.4. The van der Waals surface area contributed by atoms with Crippen molar-refractivity contribution in [3.05, 3.63) is 52.9 Å². The molecule has 2 aromatic rings. The van der Waals surface area contributed by atoms with Gasteiger partial charge in [-0.25, -0.2) is 8.42 Å². The number of sulfonamides is 1. The molecule has 1 aliphatic heterocycles. The summed E-state index contributed by atoms with van der Waals surface area (Å²) in [6.45, 7) is 2.16. The lowest BCUT2D eigenvalue weighted by Gasteiger charge is -2.27. The van der Waals surface area contributed by atoms with Gasteiger partial charge in [0.25, 0.3) is 15.9 Å². The Morgan fingerprint density at radius 2 is 1.96 bits per heavy atom. The van der Waals surface area contributed by atoms with E-state index >= 15 is 0 Å². The SMILES string of the molecule is CC(=O)N1CCN(S(=O)(=O)c2cccs2)C1C(=O)NCc1cccc(CN)c1. The maximum absolute atomic E-state index is 12.9. The third-order valence-electron chi connectivity index (χ3n) is 4.52. The first-order valence-electron chi connectivity index (χ1n) is 8.72. The lowest BCUT2D eigenvalue weighted by atomic mass is 10.1. The predicted molar refractivity (Wildman–Crippen MR) is 106 cm³/mol. The average molecular weight is 423 g/mol. The molecule has 1 aromatic heterocycles. The number of hydrogen-bond acceptors (Lipinski definition) is 6. The molecule has 3 N–H and O–H groups in total. The molecular weight excluding hydrogens is 400 g/mol. The highest BCUT2D eigenvalue weighted by Crippen LogP contribution is 2.27. The number of hydrogen-bond donors (Lipinski definition) is 2. The molecule has 1 saturated heterocycles. The minimum absolute atomic E-state index is 0.0700. The van der Waals surface area contributed by atoms with Crippen molar-refractivity contribution >= 4 is 33.2 Å². The van der Waals surface area contributed by atoms with Crippen molar-refractivity contribution in [2.45, 2.75) is 30.4 Å². The topological polar surface area (TPSA) is 113 Å².